The topological polar surface area (TPSA) is 52.6 Å². The molecule has 0 fully saturated rings. The minimum absolute atomic E-state index is 0.0523. The molecular formula is C30H22O4S. The molecule has 0 aliphatic carbocycles. The van der Waals surface area contributed by atoms with Gasteiger partial charge in [-0.25, -0.2) is 8.42 Å². The van der Waals surface area contributed by atoms with Crippen molar-refractivity contribution in [2.45, 2.75) is 23.6 Å². The Labute approximate surface area is 206 Å². The van der Waals surface area contributed by atoms with Crippen molar-refractivity contribution in [3.8, 4) is 47.7 Å². The first kappa shape index (κ1) is 23.7. The Bertz CT molecular complexity index is 1590. The lowest BCUT2D eigenvalue weighted by atomic mass is 10.1. The van der Waals surface area contributed by atoms with Crippen LogP contribution in [0.3, 0.4) is 0 Å². The van der Waals surface area contributed by atoms with E-state index >= 15 is 0 Å². The Morgan fingerprint density at radius 1 is 0.714 bits per heavy atom. The number of ether oxygens (including phenoxy) is 2. The van der Waals surface area contributed by atoms with Gasteiger partial charge in [-0.2, -0.15) is 0 Å². The van der Waals surface area contributed by atoms with Gasteiger partial charge >= 0.3 is 0 Å². The van der Waals surface area contributed by atoms with E-state index in [0.717, 1.165) is 11.1 Å². The van der Waals surface area contributed by atoms with Crippen molar-refractivity contribution < 1.29 is 17.9 Å². The highest BCUT2D eigenvalue weighted by Gasteiger charge is 2.23. The Kier molecular flexibility index (Phi) is 6.64. The lowest BCUT2D eigenvalue weighted by Gasteiger charge is -2.14. The fourth-order valence-electron chi connectivity index (χ4n) is 3.60. The van der Waals surface area contributed by atoms with Crippen molar-refractivity contribution in [1.82, 2.24) is 0 Å². The van der Waals surface area contributed by atoms with Gasteiger partial charge in [-0.05, 0) is 86.1 Å². The van der Waals surface area contributed by atoms with Crippen LogP contribution in [0.15, 0.2) is 94.7 Å². The van der Waals surface area contributed by atoms with Crippen LogP contribution in [-0.4, -0.2) is 8.42 Å². The molecule has 0 aliphatic heterocycles. The Morgan fingerprint density at radius 3 is 2.14 bits per heavy atom. The number of sulfone groups is 1. The fraction of sp³-hybridized carbons (Fsp3) is 0.0667. The summed E-state index contributed by atoms with van der Waals surface area (Å²) in [6, 6.07) is 23.5. The van der Waals surface area contributed by atoms with Crippen LogP contribution in [0.4, 0.5) is 0 Å². The molecule has 0 unspecified atom stereocenters. The normalized spacial score (nSPS) is 10.7. The molecule has 0 N–H and O–H groups in total. The van der Waals surface area contributed by atoms with Gasteiger partial charge in [-0.15, -0.1) is 12.8 Å². The van der Waals surface area contributed by atoms with Crippen molar-refractivity contribution in [1.29, 1.82) is 0 Å². The summed E-state index contributed by atoms with van der Waals surface area (Å²) in [5.41, 5.74) is 3.11. The third-order valence-corrected chi connectivity index (χ3v) is 7.19. The predicted octanol–water partition coefficient (Wildman–Crippen LogP) is 6.68. The third kappa shape index (κ3) is 5.06. The van der Waals surface area contributed by atoms with Gasteiger partial charge in [0.1, 0.15) is 27.9 Å². The Hall–Kier alpha value is -4.45. The highest BCUT2D eigenvalue weighted by atomic mass is 32.2. The van der Waals surface area contributed by atoms with Gasteiger partial charge in [0.25, 0.3) is 0 Å². The van der Waals surface area contributed by atoms with E-state index in [9.17, 15) is 8.42 Å². The number of aryl methyl sites for hydroxylation is 1. The molecule has 0 amide bonds. The van der Waals surface area contributed by atoms with Gasteiger partial charge in [0, 0.05) is 16.7 Å². The number of rotatable bonds is 6. The van der Waals surface area contributed by atoms with Gasteiger partial charge in [-0.1, -0.05) is 30.0 Å². The molecule has 5 heteroatoms. The van der Waals surface area contributed by atoms with Crippen molar-refractivity contribution in [2.24, 2.45) is 0 Å². The average molecular weight is 479 g/mol. The lowest BCUT2D eigenvalue weighted by Crippen LogP contribution is -2.04. The predicted molar refractivity (Wildman–Crippen MR) is 137 cm³/mol. The first-order valence-corrected chi connectivity index (χ1v) is 12.2. The minimum Gasteiger partial charge on any atom is -0.457 e. The average Bonchev–Trinajstić information content (AvgIpc) is 2.85. The van der Waals surface area contributed by atoms with Crippen molar-refractivity contribution in [2.75, 3.05) is 0 Å². The van der Waals surface area contributed by atoms with E-state index in [2.05, 4.69) is 11.8 Å². The molecular weight excluding hydrogens is 456 g/mol. The zero-order chi connectivity index (χ0) is 25.0. The molecule has 172 valence electrons. The summed E-state index contributed by atoms with van der Waals surface area (Å²) in [4.78, 5) is 0.167. The second-order valence-corrected chi connectivity index (χ2v) is 9.80. The number of hydrogen-bond acceptors (Lipinski definition) is 4. The SMILES string of the molecule is C#Cc1cc(C)cc(Oc2ccc(S(=O)(=O)c3ccccc3Oc3cccc(C#C)c3C)cc2)c1. The second kappa shape index (κ2) is 9.81. The molecule has 0 bridgehead atoms. The summed E-state index contributed by atoms with van der Waals surface area (Å²) < 4.78 is 38.8. The molecule has 0 spiro atoms. The van der Waals surface area contributed by atoms with Crippen molar-refractivity contribution in [3.63, 3.8) is 0 Å². The zero-order valence-electron chi connectivity index (χ0n) is 19.3. The molecule has 4 aromatic rings. The second-order valence-electron chi connectivity index (χ2n) is 7.88. The summed E-state index contributed by atoms with van der Waals surface area (Å²) in [6.45, 7) is 3.76. The van der Waals surface area contributed by atoms with E-state index in [1.54, 1.807) is 54.6 Å². The molecule has 4 aromatic carbocycles. The molecule has 0 aliphatic rings. The highest BCUT2D eigenvalue weighted by molar-refractivity contribution is 7.91. The minimum atomic E-state index is -3.87. The van der Waals surface area contributed by atoms with E-state index in [1.165, 1.54) is 18.2 Å². The summed E-state index contributed by atoms with van der Waals surface area (Å²) in [5.74, 6) is 6.98. The smallest absolute Gasteiger partial charge is 0.210 e. The zero-order valence-corrected chi connectivity index (χ0v) is 20.1. The van der Waals surface area contributed by atoms with Crippen LogP contribution in [0.5, 0.6) is 23.0 Å². The van der Waals surface area contributed by atoms with Gasteiger partial charge in [0.2, 0.25) is 9.84 Å². The van der Waals surface area contributed by atoms with Crippen LogP contribution >= 0.6 is 0 Å². The van der Waals surface area contributed by atoms with Gasteiger partial charge in [0.15, 0.2) is 0 Å². The van der Waals surface area contributed by atoms with Crippen molar-refractivity contribution in [3.05, 3.63) is 107 Å². The number of hydrogen-bond donors (Lipinski definition) is 0. The number of para-hydroxylation sites is 1. The van der Waals surface area contributed by atoms with E-state index in [4.69, 9.17) is 22.3 Å². The molecule has 0 aromatic heterocycles. The largest absolute Gasteiger partial charge is 0.457 e. The number of terminal acetylenes is 2. The van der Waals surface area contributed by atoms with Crippen LogP contribution in [0.2, 0.25) is 0 Å². The van der Waals surface area contributed by atoms with Gasteiger partial charge in [-0.3, -0.25) is 0 Å². The first-order chi connectivity index (χ1) is 16.8. The van der Waals surface area contributed by atoms with Crippen LogP contribution in [0.25, 0.3) is 0 Å². The quantitative estimate of drug-likeness (QED) is 0.290. The molecule has 35 heavy (non-hydrogen) atoms. The Morgan fingerprint density at radius 2 is 1.43 bits per heavy atom. The molecule has 4 rings (SSSR count). The lowest BCUT2D eigenvalue weighted by molar-refractivity contribution is 0.464. The third-order valence-electron chi connectivity index (χ3n) is 5.39. The maximum absolute atomic E-state index is 13.5. The van der Waals surface area contributed by atoms with E-state index in [0.29, 0.717) is 28.4 Å². The maximum Gasteiger partial charge on any atom is 0.210 e. The van der Waals surface area contributed by atoms with E-state index in [-0.39, 0.29) is 15.5 Å². The van der Waals surface area contributed by atoms with Crippen LogP contribution in [-0.2, 0) is 9.84 Å². The molecule has 0 atom stereocenters. The van der Waals surface area contributed by atoms with Crippen LogP contribution in [0, 0.1) is 38.5 Å². The van der Waals surface area contributed by atoms with E-state index in [1.807, 2.05) is 26.0 Å². The van der Waals surface area contributed by atoms with Crippen LogP contribution < -0.4 is 9.47 Å². The summed E-state index contributed by atoms with van der Waals surface area (Å²) in [7, 11) is -3.87. The van der Waals surface area contributed by atoms with E-state index < -0.39 is 9.84 Å². The summed E-state index contributed by atoms with van der Waals surface area (Å²) in [6.07, 6.45) is 11.0. The molecule has 0 heterocycles. The fourth-order valence-corrected chi connectivity index (χ4v) is 4.98. The molecule has 0 saturated heterocycles. The van der Waals surface area contributed by atoms with Gasteiger partial charge < -0.3 is 9.47 Å². The highest BCUT2D eigenvalue weighted by Crippen LogP contribution is 2.35. The van der Waals surface area contributed by atoms with Gasteiger partial charge in [0.05, 0.1) is 4.90 Å². The molecule has 0 saturated carbocycles. The standard InChI is InChI=1S/C30H22O4S/c1-5-23-18-21(3)19-26(20-23)33-25-14-16-27(17-15-25)35(31,32)30-13-8-7-11-29(30)34-28-12-9-10-24(6-2)22(28)4/h1-2,7-20H,3-4H3. The summed E-state index contributed by atoms with van der Waals surface area (Å²) >= 11 is 0. The molecule has 0 radical (unpaired) electrons. The summed E-state index contributed by atoms with van der Waals surface area (Å²) in [5, 5.41) is 0. The molecule has 4 nitrogen and oxygen atoms in total. The number of benzene rings is 4. The Balaban J connectivity index is 1.63. The monoisotopic (exact) mass is 478 g/mol. The van der Waals surface area contributed by atoms with Crippen LogP contribution in [0.1, 0.15) is 22.3 Å². The maximum atomic E-state index is 13.5. The first-order valence-electron chi connectivity index (χ1n) is 10.8. The van der Waals surface area contributed by atoms with Crippen molar-refractivity contribution >= 4 is 9.84 Å².